The molecule has 1 aromatic heterocycles. The Labute approximate surface area is 127 Å². The van der Waals surface area contributed by atoms with Crippen LogP contribution in [0, 0.1) is 5.92 Å². The molecule has 1 saturated carbocycles. The number of aliphatic hydroxyl groups is 1. The lowest BCUT2D eigenvalue weighted by Crippen LogP contribution is -2.33. The van der Waals surface area contributed by atoms with Gasteiger partial charge in [-0.3, -0.25) is 4.79 Å². The molecule has 22 heavy (non-hydrogen) atoms. The number of ether oxygens (including phenoxy) is 1. The van der Waals surface area contributed by atoms with Gasteiger partial charge in [0.2, 0.25) is 5.88 Å². The maximum absolute atomic E-state index is 12.1. The van der Waals surface area contributed by atoms with E-state index in [0.717, 1.165) is 19.3 Å². The number of carbonyl (C=O) groups excluding carboxylic acids is 1. The fourth-order valence-corrected chi connectivity index (χ4v) is 2.55. The smallest absolute Gasteiger partial charge is 0.272 e. The second-order valence-electron chi connectivity index (χ2n) is 5.46. The molecule has 0 radical (unpaired) electrons. The van der Waals surface area contributed by atoms with Crippen LogP contribution in [0.15, 0.2) is 18.2 Å². The van der Waals surface area contributed by atoms with Crippen LogP contribution < -0.4 is 10.1 Å². The number of rotatable bonds is 6. The van der Waals surface area contributed by atoms with Crippen LogP contribution in [-0.2, 0) is 0 Å². The molecule has 0 aromatic carbocycles. The van der Waals surface area contributed by atoms with Crippen LogP contribution in [0.4, 0.5) is 8.78 Å². The average molecular weight is 314 g/mol. The average Bonchev–Trinajstić information content (AvgIpc) is 2.51. The zero-order valence-corrected chi connectivity index (χ0v) is 12.2. The molecule has 0 spiro atoms. The normalized spacial score (nSPS) is 21.6. The SMILES string of the molecule is O=C(NCC1CCCC(O)C1)c1cccc(OCC(F)F)n1. The molecular weight excluding hydrogens is 294 g/mol. The van der Waals surface area contributed by atoms with E-state index in [1.165, 1.54) is 18.2 Å². The highest BCUT2D eigenvalue weighted by Gasteiger charge is 2.21. The van der Waals surface area contributed by atoms with E-state index in [-0.39, 0.29) is 29.5 Å². The van der Waals surface area contributed by atoms with Gasteiger partial charge < -0.3 is 15.2 Å². The van der Waals surface area contributed by atoms with Gasteiger partial charge in [0.1, 0.15) is 5.69 Å². The molecule has 5 nitrogen and oxygen atoms in total. The molecule has 2 rings (SSSR count). The lowest BCUT2D eigenvalue weighted by Gasteiger charge is -2.25. The first-order valence-electron chi connectivity index (χ1n) is 7.39. The van der Waals surface area contributed by atoms with Crippen molar-refractivity contribution in [1.29, 1.82) is 0 Å². The number of aromatic nitrogens is 1. The summed E-state index contributed by atoms with van der Waals surface area (Å²) in [5, 5.41) is 12.4. The number of carbonyl (C=O) groups is 1. The maximum Gasteiger partial charge on any atom is 0.272 e. The van der Waals surface area contributed by atoms with Crippen LogP contribution in [0.5, 0.6) is 5.88 Å². The van der Waals surface area contributed by atoms with E-state index in [1.807, 2.05) is 0 Å². The highest BCUT2D eigenvalue weighted by atomic mass is 19.3. The number of halogens is 2. The molecule has 1 amide bonds. The zero-order chi connectivity index (χ0) is 15.9. The molecule has 2 unspecified atom stereocenters. The van der Waals surface area contributed by atoms with Gasteiger partial charge in [-0.25, -0.2) is 13.8 Å². The van der Waals surface area contributed by atoms with Gasteiger partial charge >= 0.3 is 0 Å². The van der Waals surface area contributed by atoms with Crippen molar-refractivity contribution in [1.82, 2.24) is 10.3 Å². The Morgan fingerprint density at radius 1 is 1.45 bits per heavy atom. The first kappa shape index (κ1) is 16.6. The molecule has 0 aliphatic heterocycles. The van der Waals surface area contributed by atoms with Gasteiger partial charge in [-0.2, -0.15) is 0 Å². The fraction of sp³-hybridized carbons (Fsp3) is 0.600. The Bertz CT molecular complexity index is 499. The van der Waals surface area contributed by atoms with Crippen LogP contribution >= 0.6 is 0 Å². The molecule has 2 N–H and O–H groups in total. The van der Waals surface area contributed by atoms with E-state index in [2.05, 4.69) is 10.3 Å². The summed E-state index contributed by atoms with van der Waals surface area (Å²) in [6.45, 7) is -0.280. The van der Waals surface area contributed by atoms with Crippen LogP contribution in [0.1, 0.15) is 36.2 Å². The zero-order valence-electron chi connectivity index (χ0n) is 12.2. The molecule has 7 heteroatoms. The lowest BCUT2D eigenvalue weighted by atomic mass is 9.87. The van der Waals surface area contributed by atoms with E-state index in [9.17, 15) is 18.7 Å². The minimum atomic E-state index is -2.59. The summed E-state index contributed by atoms with van der Waals surface area (Å²) in [4.78, 5) is 15.9. The van der Waals surface area contributed by atoms with E-state index < -0.39 is 13.0 Å². The van der Waals surface area contributed by atoms with Crippen molar-refractivity contribution in [2.24, 2.45) is 5.92 Å². The van der Waals surface area contributed by atoms with Gasteiger partial charge in [-0.05, 0) is 31.2 Å². The number of hydrogen-bond acceptors (Lipinski definition) is 4. The topological polar surface area (TPSA) is 71.5 Å². The molecule has 0 bridgehead atoms. The summed E-state index contributed by atoms with van der Waals surface area (Å²) in [6, 6.07) is 4.46. The van der Waals surface area contributed by atoms with Crippen molar-refractivity contribution in [2.75, 3.05) is 13.2 Å². The highest BCUT2D eigenvalue weighted by molar-refractivity contribution is 5.92. The van der Waals surface area contributed by atoms with Gasteiger partial charge in [-0.1, -0.05) is 12.5 Å². The van der Waals surface area contributed by atoms with Gasteiger partial charge in [0.15, 0.2) is 6.61 Å². The predicted molar refractivity (Wildman–Crippen MR) is 76.0 cm³/mol. The van der Waals surface area contributed by atoms with Gasteiger partial charge in [0.05, 0.1) is 6.10 Å². The second-order valence-corrected chi connectivity index (χ2v) is 5.46. The van der Waals surface area contributed by atoms with E-state index >= 15 is 0 Å². The van der Waals surface area contributed by atoms with Crippen molar-refractivity contribution < 1.29 is 23.4 Å². The molecule has 1 fully saturated rings. The predicted octanol–water partition coefficient (Wildman–Crippen LogP) is 2.01. The molecule has 1 aromatic rings. The third kappa shape index (κ3) is 5.22. The first-order chi connectivity index (χ1) is 10.5. The van der Waals surface area contributed by atoms with E-state index in [4.69, 9.17) is 4.74 Å². The van der Waals surface area contributed by atoms with Gasteiger partial charge in [-0.15, -0.1) is 0 Å². The third-order valence-electron chi connectivity index (χ3n) is 3.62. The molecule has 1 heterocycles. The Morgan fingerprint density at radius 2 is 2.27 bits per heavy atom. The van der Waals surface area contributed by atoms with E-state index in [1.54, 1.807) is 0 Å². The molecule has 2 atom stereocenters. The number of nitrogens with one attached hydrogen (secondary N) is 1. The molecule has 0 saturated heterocycles. The Morgan fingerprint density at radius 3 is 3.00 bits per heavy atom. The van der Waals surface area contributed by atoms with Crippen molar-refractivity contribution in [3.8, 4) is 5.88 Å². The Balaban J connectivity index is 1.85. The summed E-state index contributed by atoms with van der Waals surface area (Å²) in [7, 11) is 0. The summed E-state index contributed by atoms with van der Waals surface area (Å²) < 4.78 is 29.0. The summed E-state index contributed by atoms with van der Waals surface area (Å²) in [5.41, 5.74) is 0.128. The van der Waals surface area contributed by atoms with Crippen molar-refractivity contribution in [2.45, 2.75) is 38.2 Å². The second kappa shape index (κ2) is 8.03. The molecule has 1 aliphatic carbocycles. The first-order valence-corrected chi connectivity index (χ1v) is 7.39. The minimum absolute atomic E-state index is 0.000962. The van der Waals surface area contributed by atoms with Crippen LogP contribution in [-0.4, -0.2) is 41.7 Å². The largest absolute Gasteiger partial charge is 0.472 e. The quantitative estimate of drug-likeness (QED) is 0.842. The maximum atomic E-state index is 12.1. The number of alkyl halides is 2. The summed E-state index contributed by atoms with van der Waals surface area (Å²) in [6.07, 6.45) is 0.553. The van der Waals surface area contributed by atoms with Gasteiger partial charge in [0.25, 0.3) is 12.3 Å². The standard InChI is InChI=1S/C15H20F2N2O3/c16-13(17)9-22-14-6-2-5-12(19-14)15(21)18-8-10-3-1-4-11(20)7-10/h2,5-6,10-11,13,20H,1,3-4,7-9H2,(H,18,21). The van der Waals surface area contributed by atoms with Crippen LogP contribution in [0.2, 0.25) is 0 Å². The monoisotopic (exact) mass is 314 g/mol. The number of aliphatic hydroxyl groups excluding tert-OH is 1. The van der Waals surface area contributed by atoms with Crippen LogP contribution in [0.25, 0.3) is 0 Å². The van der Waals surface area contributed by atoms with Gasteiger partial charge in [0, 0.05) is 12.6 Å². The highest BCUT2D eigenvalue weighted by Crippen LogP contribution is 2.23. The summed E-state index contributed by atoms with van der Waals surface area (Å²) in [5.74, 6) is -0.116. The van der Waals surface area contributed by atoms with Crippen LogP contribution in [0.3, 0.4) is 0 Å². The van der Waals surface area contributed by atoms with E-state index in [0.29, 0.717) is 13.0 Å². The van der Waals surface area contributed by atoms with Crippen molar-refractivity contribution >= 4 is 5.91 Å². The molecule has 1 aliphatic rings. The molecule has 122 valence electrons. The third-order valence-corrected chi connectivity index (χ3v) is 3.62. The van der Waals surface area contributed by atoms with Crippen molar-refractivity contribution in [3.05, 3.63) is 23.9 Å². The fourth-order valence-electron chi connectivity index (χ4n) is 2.55. The lowest BCUT2D eigenvalue weighted by molar-refractivity contribution is 0.0790. The number of amides is 1. The number of hydrogen-bond donors (Lipinski definition) is 2. The Kier molecular flexibility index (Phi) is 6.06. The Hall–Kier alpha value is -1.76. The minimum Gasteiger partial charge on any atom is -0.472 e. The number of pyridine rings is 1. The summed E-state index contributed by atoms with van der Waals surface area (Å²) >= 11 is 0. The number of nitrogens with zero attached hydrogens (tertiary/aromatic N) is 1. The van der Waals surface area contributed by atoms with Crippen molar-refractivity contribution in [3.63, 3.8) is 0 Å². The molecular formula is C15H20F2N2O3.